The number of ether oxygens (including phenoxy) is 3. The maximum atomic E-state index is 11.3. The molecule has 0 unspecified atom stereocenters. The van der Waals surface area contributed by atoms with E-state index in [2.05, 4.69) is 33.9 Å². The van der Waals surface area contributed by atoms with Crippen LogP contribution in [0.25, 0.3) is 0 Å². The Kier molecular flexibility index (Phi) is 4.89. The molecule has 4 fully saturated rings. The molecule has 0 aromatic carbocycles. The van der Waals surface area contributed by atoms with Crippen LogP contribution in [0.1, 0.15) is 33.6 Å². The monoisotopic (exact) mass is 380 g/mol. The van der Waals surface area contributed by atoms with Gasteiger partial charge in [-0.2, -0.15) is 0 Å². The van der Waals surface area contributed by atoms with Gasteiger partial charge in [-0.15, -0.1) is 11.6 Å². The maximum absolute atomic E-state index is 11.3. The van der Waals surface area contributed by atoms with Gasteiger partial charge >= 0.3 is 0 Å². The molecule has 0 amide bonds. The molecular weight excluding hydrogens is 352 g/mol. The topological polar surface area (TPSA) is 77.4 Å². The second-order valence-electron chi connectivity index (χ2n) is 8.62. The first-order valence-electron chi connectivity index (χ1n) is 8.62. The highest BCUT2D eigenvalue weighted by Gasteiger charge is 2.69. The Hall–Kier alpha value is 0.267. The highest BCUT2D eigenvalue weighted by molar-refractivity contribution is 6.74. The normalized spacial score (nSPS) is 45.0. The Morgan fingerprint density at radius 1 is 1.17 bits per heavy atom. The van der Waals surface area contributed by atoms with E-state index in [0.717, 1.165) is 0 Å². The number of hydrogen-bond donors (Lipinski definition) is 2. The van der Waals surface area contributed by atoms with Crippen LogP contribution in [0.5, 0.6) is 0 Å². The van der Waals surface area contributed by atoms with Gasteiger partial charge in [0.05, 0.1) is 0 Å². The fraction of sp³-hybridized carbons (Fsp3) is 1.00. The minimum Gasteiger partial charge on any atom is -0.408 e. The van der Waals surface area contributed by atoms with Crippen LogP contribution in [0, 0.1) is 0 Å². The third kappa shape index (κ3) is 2.87. The van der Waals surface area contributed by atoms with Gasteiger partial charge < -0.3 is 28.8 Å². The molecule has 4 aliphatic rings. The maximum Gasteiger partial charge on any atom is 0.273 e. The smallest absolute Gasteiger partial charge is 0.273 e. The molecule has 0 aromatic heterocycles. The molecule has 6 nitrogen and oxygen atoms in total. The molecule has 3 heterocycles. The second-order valence-corrected chi connectivity index (χ2v) is 13.8. The van der Waals surface area contributed by atoms with Crippen molar-refractivity contribution in [2.24, 2.45) is 0 Å². The van der Waals surface area contributed by atoms with Gasteiger partial charge in [0, 0.05) is 5.88 Å². The van der Waals surface area contributed by atoms with Crippen molar-refractivity contribution in [2.45, 2.75) is 94.3 Å². The lowest BCUT2D eigenvalue weighted by molar-refractivity contribution is -0.499. The van der Waals surface area contributed by atoms with E-state index in [0.29, 0.717) is 18.7 Å². The van der Waals surface area contributed by atoms with Crippen LogP contribution in [-0.2, 0) is 18.6 Å². The number of alkyl halides is 1. The summed E-state index contributed by atoms with van der Waals surface area (Å²) < 4.78 is 23.5. The largest absolute Gasteiger partial charge is 0.408 e. The summed E-state index contributed by atoms with van der Waals surface area (Å²) in [6, 6.07) is 0. The molecule has 3 saturated heterocycles. The Morgan fingerprint density at radius 3 is 2.38 bits per heavy atom. The Morgan fingerprint density at radius 2 is 1.79 bits per heavy atom. The molecule has 7 atom stereocenters. The van der Waals surface area contributed by atoms with Crippen molar-refractivity contribution in [2.75, 3.05) is 5.88 Å². The van der Waals surface area contributed by atoms with Crippen molar-refractivity contribution in [1.82, 2.24) is 0 Å². The summed E-state index contributed by atoms with van der Waals surface area (Å²) >= 11 is 5.81. The minimum absolute atomic E-state index is 0.00261. The predicted octanol–water partition coefficient (Wildman–Crippen LogP) is 1.97. The van der Waals surface area contributed by atoms with Gasteiger partial charge in [0.1, 0.15) is 36.1 Å². The van der Waals surface area contributed by atoms with E-state index in [1.165, 1.54) is 0 Å². The van der Waals surface area contributed by atoms with Crippen molar-refractivity contribution in [1.29, 1.82) is 0 Å². The van der Waals surface area contributed by atoms with Gasteiger partial charge in [0.15, 0.2) is 8.32 Å². The molecule has 1 aliphatic carbocycles. The zero-order chi connectivity index (χ0) is 17.9. The average Bonchev–Trinajstić information content (AvgIpc) is 2.47. The van der Waals surface area contributed by atoms with Gasteiger partial charge in [-0.05, 0) is 31.0 Å². The van der Waals surface area contributed by atoms with Crippen LogP contribution in [0.3, 0.4) is 0 Å². The zero-order valence-electron chi connectivity index (χ0n) is 15.0. The fourth-order valence-electron chi connectivity index (χ4n) is 3.58. The summed E-state index contributed by atoms with van der Waals surface area (Å²) in [6.45, 7) is 9.88. The van der Waals surface area contributed by atoms with E-state index in [-0.39, 0.29) is 5.04 Å². The van der Waals surface area contributed by atoms with Gasteiger partial charge in [-0.3, -0.25) is 0 Å². The molecule has 4 rings (SSSR count). The summed E-state index contributed by atoms with van der Waals surface area (Å²) in [4.78, 5) is 0. The number of aliphatic hydroxyl groups is 2. The fourth-order valence-corrected chi connectivity index (χ4v) is 5.00. The van der Waals surface area contributed by atoms with Gasteiger partial charge in [0.25, 0.3) is 6.48 Å². The molecule has 0 radical (unpaired) electrons. The lowest BCUT2D eigenvalue weighted by atomic mass is 9.71. The number of rotatable bonds is 5. The van der Waals surface area contributed by atoms with E-state index in [4.69, 9.17) is 30.2 Å². The number of hydrogen-bond acceptors (Lipinski definition) is 6. The predicted molar refractivity (Wildman–Crippen MR) is 91.4 cm³/mol. The van der Waals surface area contributed by atoms with Gasteiger partial charge in [0.2, 0.25) is 0 Å². The van der Waals surface area contributed by atoms with Crippen LogP contribution in [0.15, 0.2) is 0 Å². The molecule has 1 saturated carbocycles. The molecular formula is C16H29ClO6Si. The molecule has 4 bridgehead atoms. The third-order valence-electron chi connectivity index (χ3n) is 5.99. The highest BCUT2D eigenvalue weighted by atomic mass is 35.5. The van der Waals surface area contributed by atoms with E-state index in [1.807, 2.05) is 0 Å². The molecule has 24 heavy (non-hydrogen) atoms. The third-order valence-corrected chi connectivity index (χ3v) is 10.7. The Bertz CT molecular complexity index is 484. The van der Waals surface area contributed by atoms with E-state index < -0.39 is 50.9 Å². The molecule has 0 aromatic rings. The number of halogens is 1. The van der Waals surface area contributed by atoms with E-state index in [9.17, 15) is 10.2 Å². The van der Waals surface area contributed by atoms with Crippen LogP contribution in [-0.4, -0.2) is 67.0 Å². The van der Waals surface area contributed by atoms with Crippen molar-refractivity contribution in [3.63, 3.8) is 0 Å². The van der Waals surface area contributed by atoms with Gasteiger partial charge in [-0.1, -0.05) is 20.8 Å². The van der Waals surface area contributed by atoms with Crippen molar-refractivity contribution in [3.8, 4) is 0 Å². The van der Waals surface area contributed by atoms with Crippen LogP contribution in [0.4, 0.5) is 0 Å². The first kappa shape index (κ1) is 19.0. The average molecular weight is 381 g/mol. The molecule has 3 aliphatic heterocycles. The lowest BCUT2D eigenvalue weighted by Gasteiger charge is -2.63. The summed E-state index contributed by atoms with van der Waals surface area (Å²) in [5, 5.41) is 21.9. The van der Waals surface area contributed by atoms with Crippen LogP contribution < -0.4 is 0 Å². The zero-order valence-corrected chi connectivity index (χ0v) is 16.7. The summed E-state index contributed by atoms with van der Waals surface area (Å²) in [5.74, 6) is 0.426. The quantitative estimate of drug-likeness (QED) is 0.561. The molecule has 140 valence electrons. The van der Waals surface area contributed by atoms with E-state index >= 15 is 0 Å². The minimum atomic E-state index is -2.14. The van der Waals surface area contributed by atoms with Crippen molar-refractivity contribution < 1.29 is 28.8 Å². The van der Waals surface area contributed by atoms with Crippen LogP contribution in [0.2, 0.25) is 18.1 Å². The molecule has 2 N–H and O–H groups in total. The second kappa shape index (κ2) is 6.16. The van der Waals surface area contributed by atoms with Crippen LogP contribution >= 0.6 is 11.6 Å². The van der Waals surface area contributed by atoms with Gasteiger partial charge in [-0.25, -0.2) is 0 Å². The Balaban J connectivity index is 1.90. The summed E-state index contributed by atoms with van der Waals surface area (Å²) in [6.07, 6.45) is -2.33. The number of aliphatic hydroxyl groups excluding tert-OH is 1. The SMILES string of the molecule is CC(C)(C)[Si](C)(C)O[C@@H]1[C@H]2O[C@H]3O[C@@H]([C@H]2O)[C@](O)(CCCCl)[C@H]1O3. The highest BCUT2D eigenvalue weighted by Crippen LogP contribution is 2.50. The lowest BCUT2D eigenvalue weighted by Crippen LogP contribution is -2.81. The summed E-state index contributed by atoms with van der Waals surface area (Å²) in [5.41, 5.74) is -1.32. The molecule has 0 spiro atoms. The Labute approximate surface area is 149 Å². The first-order chi connectivity index (χ1) is 11.0. The van der Waals surface area contributed by atoms with Crippen molar-refractivity contribution in [3.05, 3.63) is 0 Å². The van der Waals surface area contributed by atoms with Crippen molar-refractivity contribution >= 4 is 19.9 Å². The summed E-state index contributed by atoms with van der Waals surface area (Å²) in [7, 11) is -2.14. The first-order valence-corrected chi connectivity index (χ1v) is 12.1. The molecule has 8 heteroatoms. The standard InChI is InChI=1S/C16H29ClO6Si/c1-15(2,3)24(4,5)23-11-10-9(18)12-16(19,7-6-8-17)13(11)22-14(20-10)21-12/h9-14,18-19H,6-8H2,1-5H3/t9-,10-,11+,12-,13-,14-,16+/m0/s1. The van der Waals surface area contributed by atoms with E-state index in [1.54, 1.807) is 0 Å².